The molecule has 0 unspecified atom stereocenters. The molecular formula is C20H32ClIN2. The fourth-order valence-corrected chi connectivity index (χ4v) is 2.49. The number of nitrogen functional groups attached to an aromatic ring is 2. The molecule has 24 heavy (non-hydrogen) atoms. The van der Waals surface area contributed by atoms with Gasteiger partial charge in [0.1, 0.15) is 0 Å². The molecule has 0 fully saturated rings. The monoisotopic (exact) mass is 462 g/mol. The molecule has 0 aromatic heterocycles. The van der Waals surface area contributed by atoms with Crippen LogP contribution in [0.1, 0.15) is 44.5 Å². The van der Waals surface area contributed by atoms with E-state index in [9.17, 15) is 0 Å². The van der Waals surface area contributed by atoms with Crippen molar-refractivity contribution in [3.8, 4) is 0 Å². The van der Waals surface area contributed by atoms with Gasteiger partial charge < -0.3 is 11.5 Å². The lowest BCUT2D eigenvalue weighted by Crippen LogP contribution is -1.96. The second-order valence-corrected chi connectivity index (χ2v) is 6.32. The van der Waals surface area contributed by atoms with Crippen LogP contribution in [0.25, 0.3) is 0 Å². The zero-order valence-corrected chi connectivity index (χ0v) is 19.3. The van der Waals surface area contributed by atoms with Gasteiger partial charge in [0.2, 0.25) is 0 Å². The van der Waals surface area contributed by atoms with E-state index in [1.54, 1.807) is 0 Å². The van der Waals surface area contributed by atoms with Gasteiger partial charge in [0, 0.05) is 11.4 Å². The van der Waals surface area contributed by atoms with E-state index >= 15 is 0 Å². The third-order valence-corrected chi connectivity index (χ3v) is 5.04. The van der Waals surface area contributed by atoms with Crippen LogP contribution in [0, 0.1) is 55.4 Å². The minimum atomic E-state index is 0. The van der Waals surface area contributed by atoms with E-state index in [1.165, 1.54) is 44.5 Å². The SMILES string of the molecule is Cc1cc(N)c(C)c(C)c1C.Cc1cc(N)c(C)c(C)c1C.Cl.I. The standard InChI is InChI=1S/2C10H15N.ClH.HI/c2*1-6-5-10(11)9(4)8(3)7(6)2;;/h2*5H,11H2,1-4H3;2*1H. The summed E-state index contributed by atoms with van der Waals surface area (Å²) >= 11 is 0. The van der Waals surface area contributed by atoms with Crippen LogP contribution in [-0.2, 0) is 0 Å². The van der Waals surface area contributed by atoms with Crippen molar-refractivity contribution in [2.24, 2.45) is 0 Å². The van der Waals surface area contributed by atoms with E-state index in [1.807, 2.05) is 12.1 Å². The smallest absolute Gasteiger partial charge is 0.0349 e. The van der Waals surface area contributed by atoms with Crippen LogP contribution in [0.4, 0.5) is 11.4 Å². The Labute approximate surface area is 170 Å². The first-order valence-electron chi connectivity index (χ1n) is 7.73. The molecule has 136 valence electrons. The predicted molar refractivity (Wildman–Crippen MR) is 122 cm³/mol. The molecule has 0 atom stereocenters. The van der Waals surface area contributed by atoms with E-state index in [2.05, 4.69) is 55.4 Å². The van der Waals surface area contributed by atoms with Crippen LogP contribution in [0.15, 0.2) is 12.1 Å². The molecule has 0 heterocycles. The van der Waals surface area contributed by atoms with Crippen molar-refractivity contribution in [1.29, 1.82) is 0 Å². The van der Waals surface area contributed by atoms with Gasteiger partial charge in [-0.1, -0.05) is 0 Å². The highest BCUT2D eigenvalue weighted by Crippen LogP contribution is 2.23. The van der Waals surface area contributed by atoms with Gasteiger partial charge in [0.25, 0.3) is 0 Å². The van der Waals surface area contributed by atoms with Crippen molar-refractivity contribution < 1.29 is 0 Å². The van der Waals surface area contributed by atoms with Crippen LogP contribution in [0.2, 0.25) is 0 Å². The summed E-state index contributed by atoms with van der Waals surface area (Å²) in [5, 5.41) is 0. The molecule has 0 aliphatic rings. The first kappa shape index (κ1) is 25.3. The first-order valence-corrected chi connectivity index (χ1v) is 7.73. The molecule has 0 bridgehead atoms. The lowest BCUT2D eigenvalue weighted by atomic mass is 9.98. The molecule has 2 rings (SSSR count). The summed E-state index contributed by atoms with van der Waals surface area (Å²) in [6, 6.07) is 4.08. The zero-order valence-electron chi connectivity index (χ0n) is 16.1. The zero-order chi connectivity index (χ0) is 17.2. The number of anilines is 2. The van der Waals surface area contributed by atoms with Crippen LogP contribution < -0.4 is 11.5 Å². The van der Waals surface area contributed by atoms with Crippen molar-refractivity contribution in [3.63, 3.8) is 0 Å². The summed E-state index contributed by atoms with van der Waals surface area (Å²) < 4.78 is 0. The fourth-order valence-electron chi connectivity index (χ4n) is 2.49. The first-order chi connectivity index (χ1) is 10.1. The van der Waals surface area contributed by atoms with Crippen molar-refractivity contribution in [3.05, 3.63) is 56.6 Å². The molecule has 2 aromatic carbocycles. The molecule has 2 aromatic rings. The number of aryl methyl sites for hydroxylation is 2. The Morgan fingerprint density at radius 3 is 1.00 bits per heavy atom. The van der Waals surface area contributed by atoms with Crippen LogP contribution in [0.3, 0.4) is 0 Å². The molecule has 0 saturated carbocycles. The maximum absolute atomic E-state index is 5.79. The van der Waals surface area contributed by atoms with Gasteiger partial charge in [-0.15, -0.1) is 36.4 Å². The Balaban J connectivity index is 0. The van der Waals surface area contributed by atoms with Gasteiger partial charge in [-0.2, -0.15) is 0 Å². The second kappa shape index (κ2) is 10.1. The topological polar surface area (TPSA) is 52.0 Å². The molecule has 4 heteroatoms. The van der Waals surface area contributed by atoms with Crippen molar-refractivity contribution in [1.82, 2.24) is 0 Å². The number of halogens is 2. The number of hydrogen-bond donors (Lipinski definition) is 2. The summed E-state index contributed by atoms with van der Waals surface area (Å²) in [7, 11) is 0. The minimum Gasteiger partial charge on any atom is -0.398 e. The molecule has 0 saturated heterocycles. The molecule has 0 aliphatic heterocycles. The number of hydrogen-bond acceptors (Lipinski definition) is 2. The highest BCUT2D eigenvalue weighted by atomic mass is 127. The Morgan fingerprint density at radius 2 is 0.750 bits per heavy atom. The fraction of sp³-hybridized carbons (Fsp3) is 0.400. The Kier molecular flexibility index (Phi) is 10.7. The normalized spacial score (nSPS) is 9.33. The molecule has 0 spiro atoms. The summed E-state index contributed by atoms with van der Waals surface area (Å²) in [5.74, 6) is 0. The van der Waals surface area contributed by atoms with Gasteiger partial charge in [0.05, 0.1) is 0 Å². The van der Waals surface area contributed by atoms with Crippen molar-refractivity contribution >= 4 is 47.8 Å². The maximum atomic E-state index is 5.79. The van der Waals surface area contributed by atoms with Crippen LogP contribution in [0.5, 0.6) is 0 Å². The maximum Gasteiger partial charge on any atom is 0.0349 e. The van der Waals surface area contributed by atoms with Gasteiger partial charge >= 0.3 is 0 Å². The molecule has 0 aliphatic carbocycles. The molecule has 0 radical (unpaired) electrons. The molecular weight excluding hydrogens is 431 g/mol. The van der Waals surface area contributed by atoms with Crippen molar-refractivity contribution in [2.75, 3.05) is 11.5 Å². The number of nitrogens with two attached hydrogens (primary N) is 2. The Hall–Kier alpha value is -0.940. The van der Waals surface area contributed by atoms with E-state index in [0.717, 1.165) is 11.4 Å². The number of benzene rings is 2. The lowest BCUT2D eigenvalue weighted by Gasteiger charge is -2.10. The average molecular weight is 463 g/mol. The summed E-state index contributed by atoms with van der Waals surface area (Å²) in [5.41, 5.74) is 23.8. The third-order valence-electron chi connectivity index (χ3n) is 5.04. The molecule has 0 amide bonds. The van der Waals surface area contributed by atoms with Gasteiger partial charge in [-0.25, -0.2) is 0 Å². The van der Waals surface area contributed by atoms with Gasteiger partial charge in [0.15, 0.2) is 0 Å². The predicted octanol–water partition coefficient (Wildman–Crippen LogP) is 6.04. The van der Waals surface area contributed by atoms with Gasteiger partial charge in [-0.3, -0.25) is 0 Å². The quantitative estimate of drug-likeness (QED) is 0.370. The lowest BCUT2D eigenvalue weighted by molar-refractivity contribution is 1.22. The van der Waals surface area contributed by atoms with E-state index < -0.39 is 0 Å². The largest absolute Gasteiger partial charge is 0.398 e. The second-order valence-electron chi connectivity index (χ2n) is 6.32. The van der Waals surface area contributed by atoms with Gasteiger partial charge in [-0.05, 0) is 112 Å². The highest BCUT2D eigenvalue weighted by Gasteiger charge is 2.03. The Morgan fingerprint density at radius 1 is 0.500 bits per heavy atom. The van der Waals surface area contributed by atoms with Crippen molar-refractivity contribution in [2.45, 2.75) is 55.4 Å². The van der Waals surface area contributed by atoms with E-state index in [4.69, 9.17) is 11.5 Å². The molecule has 2 nitrogen and oxygen atoms in total. The Bertz CT molecular complexity index is 596. The summed E-state index contributed by atoms with van der Waals surface area (Å²) in [6.07, 6.45) is 0. The third kappa shape index (κ3) is 5.55. The number of rotatable bonds is 0. The van der Waals surface area contributed by atoms with Crippen LogP contribution in [-0.4, -0.2) is 0 Å². The molecule has 4 N–H and O–H groups in total. The average Bonchev–Trinajstić information content (AvgIpc) is 2.47. The van der Waals surface area contributed by atoms with E-state index in [0.29, 0.717) is 0 Å². The summed E-state index contributed by atoms with van der Waals surface area (Å²) in [4.78, 5) is 0. The minimum absolute atomic E-state index is 0. The summed E-state index contributed by atoms with van der Waals surface area (Å²) in [6.45, 7) is 16.8. The van der Waals surface area contributed by atoms with E-state index in [-0.39, 0.29) is 36.4 Å². The van der Waals surface area contributed by atoms with Crippen LogP contribution >= 0.6 is 36.4 Å². The highest BCUT2D eigenvalue weighted by molar-refractivity contribution is 14.0.